The van der Waals surface area contributed by atoms with Crippen molar-refractivity contribution in [2.24, 2.45) is 0 Å². The predicted octanol–water partition coefficient (Wildman–Crippen LogP) is 1.43. The van der Waals surface area contributed by atoms with E-state index in [1.54, 1.807) is 6.92 Å². The highest BCUT2D eigenvalue weighted by Crippen LogP contribution is 2.08. The molecule has 3 N–H and O–H groups in total. The average molecular weight is 369 g/mol. The van der Waals surface area contributed by atoms with Crippen molar-refractivity contribution in [3.63, 3.8) is 0 Å². The minimum Gasteiger partial charge on any atom is -0.344 e. The van der Waals surface area contributed by atoms with Gasteiger partial charge in [0.25, 0.3) is 0 Å². The van der Waals surface area contributed by atoms with E-state index in [-0.39, 0.29) is 18.0 Å². The Hall–Kier alpha value is -2.35. The van der Waals surface area contributed by atoms with Crippen LogP contribution in [0.15, 0.2) is 18.2 Å². The number of imide groups is 1. The third-order valence-electron chi connectivity index (χ3n) is 3.84. The Labute approximate surface area is 151 Å². The molecule has 0 aliphatic heterocycles. The lowest BCUT2D eigenvalue weighted by Gasteiger charge is -2.19. The van der Waals surface area contributed by atoms with E-state index < -0.39 is 41.4 Å². The monoisotopic (exact) mass is 369 g/mol. The molecule has 1 rings (SSSR count). The van der Waals surface area contributed by atoms with Gasteiger partial charge in [-0.1, -0.05) is 6.92 Å². The summed E-state index contributed by atoms with van der Waals surface area (Å²) in [6.45, 7) is 6.94. The number of rotatable bonds is 8. The molecule has 144 valence electrons. The van der Waals surface area contributed by atoms with Gasteiger partial charge in [-0.3, -0.25) is 19.7 Å². The normalized spacial score (nSPS) is 14.2. The van der Waals surface area contributed by atoms with Gasteiger partial charge in [-0.15, -0.1) is 0 Å². The zero-order chi connectivity index (χ0) is 19.9. The average Bonchev–Trinajstić information content (AvgIpc) is 2.53. The topological polar surface area (TPSA) is 87.3 Å². The highest BCUT2D eigenvalue weighted by atomic mass is 19.1. The maximum Gasteiger partial charge on any atom is 0.248 e. The molecule has 8 heteroatoms. The van der Waals surface area contributed by atoms with Crippen LogP contribution in [0.25, 0.3) is 0 Å². The molecule has 0 aromatic heterocycles. The van der Waals surface area contributed by atoms with Crippen LogP contribution >= 0.6 is 0 Å². The van der Waals surface area contributed by atoms with Gasteiger partial charge in [0.15, 0.2) is 0 Å². The summed E-state index contributed by atoms with van der Waals surface area (Å²) in [6, 6.07) is 1.37. The molecule has 0 heterocycles. The number of benzene rings is 1. The first kappa shape index (κ1) is 21.7. The molecule has 0 bridgehead atoms. The van der Waals surface area contributed by atoms with Crippen LogP contribution in [0, 0.1) is 11.6 Å². The van der Waals surface area contributed by atoms with E-state index in [2.05, 4.69) is 16.0 Å². The summed E-state index contributed by atoms with van der Waals surface area (Å²) < 4.78 is 26.2. The maximum absolute atomic E-state index is 13.1. The van der Waals surface area contributed by atoms with E-state index in [1.165, 1.54) is 6.92 Å². The van der Waals surface area contributed by atoms with Crippen LogP contribution in [0.5, 0.6) is 0 Å². The van der Waals surface area contributed by atoms with E-state index in [9.17, 15) is 23.2 Å². The van der Waals surface area contributed by atoms with Crippen LogP contribution in [-0.2, 0) is 20.8 Å². The van der Waals surface area contributed by atoms with Gasteiger partial charge >= 0.3 is 0 Å². The van der Waals surface area contributed by atoms with E-state index in [0.29, 0.717) is 6.07 Å². The highest BCUT2D eigenvalue weighted by Gasteiger charge is 2.21. The fraction of sp³-hybridized carbons (Fsp3) is 0.500. The maximum atomic E-state index is 13.1. The zero-order valence-electron chi connectivity index (χ0n) is 15.4. The second-order valence-corrected chi connectivity index (χ2v) is 6.29. The molecule has 1 aromatic rings. The van der Waals surface area contributed by atoms with Crippen molar-refractivity contribution in [3.8, 4) is 0 Å². The third kappa shape index (κ3) is 7.26. The molecule has 3 amide bonds. The van der Waals surface area contributed by atoms with Crippen LogP contribution in [0.3, 0.4) is 0 Å². The van der Waals surface area contributed by atoms with Gasteiger partial charge in [0.05, 0.1) is 12.5 Å². The second kappa shape index (κ2) is 9.96. The molecule has 0 unspecified atom stereocenters. The van der Waals surface area contributed by atoms with E-state index >= 15 is 0 Å². The molecule has 3 atom stereocenters. The molecule has 26 heavy (non-hydrogen) atoms. The summed E-state index contributed by atoms with van der Waals surface area (Å²) >= 11 is 0. The quantitative estimate of drug-likeness (QED) is 0.647. The van der Waals surface area contributed by atoms with Crippen LogP contribution in [0.4, 0.5) is 8.78 Å². The van der Waals surface area contributed by atoms with Gasteiger partial charge in [0.1, 0.15) is 17.7 Å². The Kier molecular flexibility index (Phi) is 8.31. The summed E-state index contributed by atoms with van der Waals surface area (Å²) in [7, 11) is 0. The van der Waals surface area contributed by atoms with Crippen LogP contribution in [-0.4, -0.2) is 35.8 Å². The minimum atomic E-state index is -0.972. The summed E-state index contributed by atoms with van der Waals surface area (Å²) in [4.78, 5) is 35.9. The third-order valence-corrected chi connectivity index (χ3v) is 3.84. The lowest BCUT2D eigenvalue weighted by atomic mass is 10.1. The molecule has 0 fully saturated rings. The lowest BCUT2D eigenvalue weighted by molar-refractivity contribution is -0.134. The van der Waals surface area contributed by atoms with Crippen molar-refractivity contribution in [3.05, 3.63) is 35.4 Å². The van der Waals surface area contributed by atoms with Gasteiger partial charge in [0.2, 0.25) is 17.7 Å². The molecule has 0 spiro atoms. The number of hydrogen-bond acceptors (Lipinski definition) is 4. The van der Waals surface area contributed by atoms with Crippen molar-refractivity contribution in [2.75, 3.05) is 0 Å². The van der Waals surface area contributed by atoms with Crippen molar-refractivity contribution in [1.82, 2.24) is 16.0 Å². The second-order valence-electron chi connectivity index (χ2n) is 6.29. The Morgan fingerprint density at radius 1 is 0.962 bits per heavy atom. The fourth-order valence-corrected chi connectivity index (χ4v) is 2.21. The first-order valence-corrected chi connectivity index (χ1v) is 8.47. The Morgan fingerprint density at radius 2 is 1.50 bits per heavy atom. The van der Waals surface area contributed by atoms with Crippen LogP contribution in [0.2, 0.25) is 0 Å². The van der Waals surface area contributed by atoms with Gasteiger partial charge in [-0.2, -0.15) is 0 Å². The summed E-state index contributed by atoms with van der Waals surface area (Å²) in [5, 5.41) is 7.65. The highest BCUT2D eigenvalue weighted by molar-refractivity contribution is 6.00. The smallest absolute Gasteiger partial charge is 0.248 e. The Bertz CT molecular complexity index is 647. The summed E-state index contributed by atoms with van der Waals surface area (Å²) in [5.41, 5.74) is 0.148. The van der Waals surface area contributed by atoms with Crippen molar-refractivity contribution in [1.29, 1.82) is 0 Å². The van der Waals surface area contributed by atoms with Gasteiger partial charge in [-0.25, -0.2) is 8.78 Å². The first-order valence-electron chi connectivity index (χ1n) is 8.47. The number of carbonyl (C=O) groups is 3. The summed E-state index contributed by atoms with van der Waals surface area (Å²) in [5.74, 6) is -3.31. The minimum absolute atomic E-state index is 0.120. The molecule has 0 aliphatic rings. The van der Waals surface area contributed by atoms with E-state index in [0.717, 1.165) is 18.6 Å². The number of nitrogens with one attached hydrogen (secondary N) is 3. The molecular formula is C18H25F2N3O3. The predicted molar refractivity (Wildman–Crippen MR) is 93.2 cm³/mol. The van der Waals surface area contributed by atoms with Crippen LogP contribution < -0.4 is 16.0 Å². The summed E-state index contributed by atoms with van der Waals surface area (Å²) in [6.07, 6.45) is 0.547. The molecule has 6 nitrogen and oxygen atoms in total. The van der Waals surface area contributed by atoms with Gasteiger partial charge < -0.3 is 10.6 Å². The van der Waals surface area contributed by atoms with Crippen molar-refractivity contribution in [2.45, 2.75) is 58.7 Å². The Morgan fingerprint density at radius 3 is 2.04 bits per heavy atom. The molecular weight excluding hydrogens is 344 g/mol. The molecule has 1 aromatic carbocycles. The number of carbonyl (C=O) groups excluding carboxylic acids is 3. The molecule has 0 aliphatic carbocycles. The zero-order valence-corrected chi connectivity index (χ0v) is 15.4. The van der Waals surface area contributed by atoms with E-state index in [4.69, 9.17) is 0 Å². The first-order chi connectivity index (χ1) is 12.1. The fourth-order valence-electron chi connectivity index (χ4n) is 2.21. The van der Waals surface area contributed by atoms with Gasteiger partial charge in [-0.05, 0) is 44.9 Å². The number of hydrogen-bond donors (Lipinski definition) is 3. The number of amides is 3. The largest absolute Gasteiger partial charge is 0.344 e. The van der Waals surface area contributed by atoms with Crippen molar-refractivity contribution < 1.29 is 23.2 Å². The molecule has 0 radical (unpaired) electrons. The van der Waals surface area contributed by atoms with Gasteiger partial charge in [0, 0.05) is 12.1 Å². The standard InChI is InChI=1S/C18H25F2N3O3/c1-5-10(2)21-11(3)17(25)23-18(26)12(4)22-16(24)8-13-6-14(19)9-15(20)7-13/h6-7,9-12,21H,5,8H2,1-4H3,(H,22,24)(H,23,25,26)/t10-,11-,12-/m0/s1. The van der Waals surface area contributed by atoms with Crippen molar-refractivity contribution >= 4 is 17.7 Å². The SMILES string of the molecule is CC[C@H](C)N[C@@H](C)C(=O)NC(=O)[C@H](C)NC(=O)Cc1cc(F)cc(F)c1. The van der Waals surface area contributed by atoms with E-state index in [1.807, 2.05) is 13.8 Å². The Balaban J connectivity index is 2.52. The molecule has 0 saturated heterocycles. The molecule has 0 saturated carbocycles. The number of halogens is 2. The van der Waals surface area contributed by atoms with Crippen LogP contribution in [0.1, 0.15) is 39.7 Å². The lowest BCUT2D eigenvalue weighted by Crippen LogP contribution is -2.52.